The van der Waals surface area contributed by atoms with Crippen molar-refractivity contribution in [2.24, 2.45) is 4.99 Å². The van der Waals surface area contributed by atoms with E-state index in [0.29, 0.717) is 39.3 Å². The lowest BCUT2D eigenvalue weighted by molar-refractivity contribution is -0.0390. The van der Waals surface area contributed by atoms with Crippen molar-refractivity contribution in [3.8, 4) is 0 Å². The van der Waals surface area contributed by atoms with Crippen LogP contribution in [0.1, 0.15) is 41.4 Å². The van der Waals surface area contributed by atoms with Gasteiger partial charge >= 0.3 is 0 Å². The lowest BCUT2D eigenvalue weighted by Gasteiger charge is -2.22. The van der Waals surface area contributed by atoms with E-state index in [1.807, 2.05) is 37.3 Å². The van der Waals surface area contributed by atoms with Crippen LogP contribution in [0.4, 0.5) is 5.69 Å². The van der Waals surface area contributed by atoms with Crippen molar-refractivity contribution < 1.29 is 9.53 Å². The molecule has 4 rings (SSSR count). The Morgan fingerprint density at radius 2 is 2.13 bits per heavy atom. The highest BCUT2D eigenvalue weighted by molar-refractivity contribution is 9.10. The van der Waals surface area contributed by atoms with Crippen molar-refractivity contribution >= 4 is 56.2 Å². The monoisotopic (exact) mass is 488 g/mol. The molecule has 1 atom stereocenters. The zero-order valence-corrected chi connectivity index (χ0v) is 19.2. The first-order chi connectivity index (χ1) is 14.4. The molecule has 156 valence electrons. The minimum atomic E-state index is -0.131. The number of halogens is 2. The van der Waals surface area contributed by atoms with Crippen LogP contribution in [0.3, 0.4) is 0 Å². The standard InChI is InChI=1S/C22H22BrClN4O2/c1-27(2)13-25-19-9-6-14(23)11-16(19)22(29)15-7-8-18(24)21-17(15)12-28(26-21)20-5-3-4-10-30-20/h6-9,11-13,20H,3-5,10H2,1-2H3. The number of hydrogen-bond acceptors (Lipinski definition) is 4. The van der Waals surface area contributed by atoms with Gasteiger partial charge in [0.1, 0.15) is 11.7 Å². The van der Waals surface area contributed by atoms with Gasteiger partial charge in [-0.25, -0.2) is 9.67 Å². The Bertz CT molecular complexity index is 1120. The molecule has 0 spiro atoms. The van der Waals surface area contributed by atoms with Crippen molar-refractivity contribution in [1.29, 1.82) is 0 Å². The lowest BCUT2D eigenvalue weighted by atomic mass is 9.99. The Hall–Kier alpha value is -2.22. The van der Waals surface area contributed by atoms with E-state index in [-0.39, 0.29) is 12.0 Å². The molecule has 1 aliphatic heterocycles. The van der Waals surface area contributed by atoms with Gasteiger partial charge in [0.05, 0.1) is 17.0 Å². The zero-order valence-electron chi connectivity index (χ0n) is 16.8. The number of ether oxygens (including phenoxy) is 1. The number of benzene rings is 2. The average molecular weight is 490 g/mol. The van der Waals surface area contributed by atoms with E-state index < -0.39 is 0 Å². The Labute approximate surface area is 188 Å². The van der Waals surface area contributed by atoms with Crippen molar-refractivity contribution in [1.82, 2.24) is 14.7 Å². The molecule has 0 bridgehead atoms. The maximum atomic E-state index is 13.6. The summed E-state index contributed by atoms with van der Waals surface area (Å²) in [6.45, 7) is 0.714. The molecule has 0 saturated carbocycles. The molecule has 8 heteroatoms. The first-order valence-corrected chi connectivity index (χ1v) is 10.9. The van der Waals surface area contributed by atoms with Crippen molar-refractivity contribution in [3.63, 3.8) is 0 Å². The van der Waals surface area contributed by atoms with Gasteiger partial charge in [-0.2, -0.15) is 5.10 Å². The predicted octanol–water partition coefficient (Wildman–Crippen LogP) is 5.60. The Balaban J connectivity index is 1.80. The number of ketones is 1. The molecule has 1 aliphatic rings. The number of nitrogens with zero attached hydrogens (tertiary/aromatic N) is 4. The molecule has 0 radical (unpaired) electrons. The fourth-order valence-corrected chi connectivity index (χ4v) is 4.06. The van der Waals surface area contributed by atoms with E-state index in [1.54, 1.807) is 29.2 Å². The molecule has 2 heterocycles. The SMILES string of the molecule is CN(C)C=Nc1ccc(Br)cc1C(=O)c1ccc(Cl)c2nn(C3CCCCO3)cc12. The van der Waals surface area contributed by atoms with Crippen LogP contribution in [0.5, 0.6) is 0 Å². The van der Waals surface area contributed by atoms with E-state index >= 15 is 0 Å². The van der Waals surface area contributed by atoms with Crippen LogP contribution in [0, 0.1) is 0 Å². The predicted molar refractivity (Wildman–Crippen MR) is 123 cm³/mol. The minimum Gasteiger partial charge on any atom is -0.369 e. The molecule has 1 aromatic heterocycles. The highest BCUT2D eigenvalue weighted by Gasteiger charge is 2.22. The number of aliphatic imine (C=N–C) groups is 1. The minimum absolute atomic E-state index is 0.128. The van der Waals surface area contributed by atoms with Crippen LogP contribution >= 0.6 is 27.5 Å². The van der Waals surface area contributed by atoms with E-state index in [9.17, 15) is 4.79 Å². The van der Waals surface area contributed by atoms with E-state index in [0.717, 1.165) is 23.7 Å². The van der Waals surface area contributed by atoms with Gasteiger partial charge in [-0.1, -0.05) is 27.5 Å². The molecule has 30 heavy (non-hydrogen) atoms. The summed E-state index contributed by atoms with van der Waals surface area (Å²) in [7, 11) is 3.77. The number of fused-ring (bicyclic) bond motifs is 1. The third kappa shape index (κ3) is 4.29. The molecule has 3 aromatic rings. The quantitative estimate of drug-likeness (QED) is 0.266. The van der Waals surface area contributed by atoms with Crippen LogP contribution in [0.2, 0.25) is 5.02 Å². The topological polar surface area (TPSA) is 59.7 Å². The Morgan fingerprint density at radius 3 is 2.87 bits per heavy atom. The average Bonchev–Trinajstić information content (AvgIpc) is 3.19. The third-order valence-corrected chi connectivity index (χ3v) is 5.77. The third-order valence-electron chi connectivity index (χ3n) is 4.97. The smallest absolute Gasteiger partial charge is 0.195 e. The van der Waals surface area contributed by atoms with Gasteiger partial charge in [-0.05, 0) is 49.6 Å². The normalized spacial score (nSPS) is 17.0. The van der Waals surface area contributed by atoms with Gasteiger partial charge in [-0.3, -0.25) is 4.79 Å². The second kappa shape index (κ2) is 8.88. The zero-order chi connectivity index (χ0) is 21.3. The lowest BCUT2D eigenvalue weighted by Crippen LogP contribution is -2.18. The van der Waals surface area contributed by atoms with Crippen LogP contribution in [0.15, 0.2) is 46.0 Å². The van der Waals surface area contributed by atoms with Gasteiger partial charge in [0.15, 0.2) is 5.78 Å². The van der Waals surface area contributed by atoms with E-state index in [2.05, 4.69) is 26.0 Å². The second-order valence-electron chi connectivity index (χ2n) is 7.49. The number of hydrogen-bond donors (Lipinski definition) is 0. The van der Waals surface area contributed by atoms with Crippen LogP contribution in [-0.2, 0) is 4.74 Å². The number of carbonyl (C=O) groups excluding carboxylic acids is 1. The summed E-state index contributed by atoms with van der Waals surface area (Å²) < 4.78 is 8.45. The molecule has 0 N–H and O–H groups in total. The molecule has 1 saturated heterocycles. The summed E-state index contributed by atoms with van der Waals surface area (Å²) in [5.41, 5.74) is 2.25. The highest BCUT2D eigenvalue weighted by Crippen LogP contribution is 2.33. The Kier molecular flexibility index (Phi) is 6.22. The van der Waals surface area contributed by atoms with Crippen molar-refractivity contribution in [3.05, 3.63) is 57.2 Å². The van der Waals surface area contributed by atoms with E-state index in [4.69, 9.17) is 16.3 Å². The maximum absolute atomic E-state index is 13.6. The number of rotatable bonds is 5. The molecule has 2 aromatic carbocycles. The van der Waals surface area contributed by atoms with Gasteiger partial charge < -0.3 is 9.64 Å². The van der Waals surface area contributed by atoms with Crippen LogP contribution < -0.4 is 0 Å². The molecule has 0 aliphatic carbocycles. The van der Waals surface area contributed by atoms with Gasteiger partial charge in [0.2, 0.25) is 0 Å². The first-order valence-electron chi connectivity index (χ1n) is 9.78. The first kappa shape index (κ1) is 21.0. The highest BCUT2D eigenvalue weighted by atomic mass is 79.9. The summed E-state index contributed by atoms with van der Waals surface area (Å²) in [6, 6.07) is 8.95. The molecule has 0 amide bonds. The van der Waals surface area contributed by atoms with Crippen LogP contribution in [-0.4, -0.2) is 47.5 Å². The van der Waals surface area contributed by atoms with Gasteiger partial charge in [0, 0.05) is 47.9 Å². The summed E-state index contributed by atoms with van der Waals surface area (Å²) in [5.74, 6) is -0.131. The van der Waals surface area contributed by atoms with E-state index in [1.165, 1.54) is 0 Å². The summed E-state index contributed by atoms with van der Waals surface area (Å²) in [6.07, 6.45) is 6.45. The molecular weight excluding hydrogens is 468 g/mol. The number of aromatic nitrogens is 2. The molecular formula is C22H22BrClN4O2. The summed E-state index contributed by atoms with van der Waals surface area (Å²) in [5, 5.41) is 5.86. The molecule has 1 unspecified atom stereocenters. The summed E-state index contributed by atoms with van der Waals surface area (Å²) >= 11 is 9.87. The molecule has 1 fully saturated rings. The largest absolute Gasteiger partial charge is 0.369 e. The Morgan fingerprint density at radius 1 is 1.30 bits per heavy atom. The van der Waals surface area contributed by atoms with Gasteiger partial charge in [0.25, 0.3) is 0 Å². The van der Waals surface area contributed by atoms with Crippen molar-refractivity contribution in [2.45, 2.75) is 25.5 Å². The maximum Gasteiger partial charge on any atom is 0.195 e. The van der Waals surface area contributed by atoms with Gasteiger partial charge in [-0.15, -0.1) is 0 Å². The van der Waals surface area contributed by atoms with Crippen LogP contribution in [0.25, 0.3) is 10.9 Å². The second-order valence-corrected chi connectivity index (χ2v) is 8.81. The fraction of sp³-hybridized carbons (Fsp3) is 0.318. The summed E-state index contributed by atoms with van der Waals surface area (Å²) in [4.78, 5) is 19.8. The van der Waals surface area contributed by atoms with Crippen molar-refractivity contribution in [2.75, 3.05) is 20.7 Å². The molecule has 6 nitrogen and oxygen atoms in total. The number of carbonyl (C=O) groups is 1. The fourth-order valence-electron chi connectivity index (χ4n) is 3.49.